The molecular formula is C20H25F3N4O4S. The van der Waals surface area contributed by atoms with Gasteiger partial charge in [0, 0.05) is 19.6 Å². The zero-order valence-corrected chi connectivity index (χ0v) is 18.1. The molecule has 176 valence electrons. The number of likely N-dealkylation sites (tertiary alicyclic amines) is 1. The predicted molar refractivity (Wildman–Crippen MR) is 109 cm³/mol. The van der Waals surface area contributed by atoms with E-state index in [1.54, 1.807) is 28.6 Å². The van der Waals surface area contributed by atoms with Gasteiger partial charge in [0.25, 0.3) is 0 Å². The number of hydrogen-bond donors (Lipinski definition) is 1. The number of benzene rings is 1. The second-order valence-corrected chi connectivity index (χ2v) is 9.56. The molecule has 0 atom stereocenters. The average Bonchev–Trinajstić information content (AvgIpc) is 3.33. The van der Waals surface area contributed by atoms with E-state index >= 15 is 0 Å². The third-order valence-corrected chi connectivity index (χ3v) is 7.22. The van der Waals surface area contributed by atoms with Gasteiger partial charge >= 0.3 is 12.1 Å². The fraction of sp³-hybridized carbons (Fsp3) is 0.500. The van der Waals surface area contributed by atoms with Crippen LogP contribution in [0.3, 0.4) is 0 Å². The summed E-state index contributed by atoms with van der Waals surface area (Å²) in [5.74, 6) is -2.76. The number of fused-ring (bicyclic) bond motifs is 1. The molecule has 1 saturated heterocycles. The molecule has 0 aliphatic carbocycles. The van der Waals surface area contributed by atoms with Gasteiger partial charge in [0.15, 0.2) is 0 Å². The molecule has 0 saturated carbocycles. The number of aromatic nitrogens is 2. The van der Waals surface area contributed by atoms with Crippen LogP contribution < -0.4 is 0 Å². The molecule has 1 N–H and O–H groups in total. The molecule has 1 fully saturated rings. The first kappa shape index (κ1) is 24.2. The van der Waals surface area contributed by atoms with E-state index in [9.17, 15) is 21.6 Å². The molecule has 0 bridgehead atoms. The third kappa shape index (κ3) is 5.87. The highest BCUT2D eigenvalue weighted by Gasteiger charge is 2.38. The Morgan fingerprint density at radius 1 is 1.03 bits per heavy atom. The van der Waals surface area contributed by atoms with Crippen molar-refractivity contribution in [1.82, 2.24) is 18.8 Å². The smallest absolute Gasteiger partial charge is 0.475 e. The van der Waals surface area contributed by atoms with Gasteiger partial charge in [0.2, 0.25) is 10.0 Å². The van der Waals surface area contributed by atoms with Crippen molar-refractivity contribution in [2.45, 2.75) is 50.0 Å². The maximum atomic E-state index is 13.0. The number of nitrogens with zero attached hydrogens (tertiary/aromatic N) is 4. The Morgan fingerprint density at radius 3 is 2.25 bits per heavy atom. The highest BCUT2D eigenvalue weighted by atomic mass is 32.2. The Hall–Kier alpha value is -2.44. The van der Waals surface area contributed by atoms with Crippen molar-refractivity contribution in [3.05, 3.63) is 48.0 Å². The molecule has 4 rings (SSSR count). The molecule has 1 aromatic carbocycles. The van der Waals surface area contributed by atoms with Gasteiger partial charge in [-0.15, -0.1) is 0 Å². The number of carboxylic acids is 1. The second-order valence-electron chi connectivity index (χ2n) is 7.62. The zero-order chi connectivity index (χ0) is 23.4. The summed E-state index contributed by atoms with van der Waals surface area (Å²) in [7, 11) is -3.47. The number of aliphatic carboxylic acids is 1. The van der Waals surface area contributed by atoms with Gasteiger partial charge < -0.3 is 9.67 Å². The third-order valence-electron chi connectivity index (χ3n) is 5.36. The summed E-state index contributed by atoms with van der Waals surface area (Å²) in [6.45, 7) is 4.81. The molecule has 2 aliphatic rings. The number of halogens is 3. The summed E-state index contributed by atoms with van der Waals surface area (Å²) in [4.78, 5) is 16.3. The largest absolute Gasteiger partial charge is 0.490 e. The van der Waals surface area contributed by atoms with E-state index in [0.29, 0.717) is 18.0 Å². The number of alkyl halides is 3. The molecule has 1 aromatic heterocycles. The molecule has 0 unspecified atom stereocenters. The van der Waals surface area contributed by atoms with Crippen LogP contribution in [0.25, 0.3) is 0 Å². The van der Waals surface area contributed by atoms with E-state index in [1.165, 1.54) is 12.8 Å². The summed E-state index contributed by atoms with van der Waals surface area (Å²) in [6, 6.07) is 8.72. The van der Waals surface area contributed by atoms with Gasteiger partial charge in [0.1, 0.15) is 0 Å². The van der Waals surface area contributed by atoms with Crippen LogP contribution in [0, 0.1) is 0 Å². The zero-order valence-electron chi connectivity index (χ0n) is 17.3. The standard InChI is InChI=1S/C18H24N4O2S.C2HF3O2/c23-25(24,16-7-2-1-3-8-16)22-12-6-11-21-15-19-17(18(21)14-22)13-20-9-4-5-10-20;3-2(4,5)1(6)7/h1-3,7-8,15H,4-6,9-14H2;(H,6,7). The first-order valence-corrected chi connectivity index (χ1v) is 11.6. The number of rotatable bonds is 4. The Kier molecular flexibility index (Phi) is 7.57. The van der Waals surface area contributed by atoms with Crippen LogP contribution in [0.5, 0.6) is 0 Å². The number of imidazole rings is 1. The van der Waals surface area contributed by atoms with E-state index in [4.69, 9.17) is 9.90 Å². The predicted octanol–water partition coefficient (Wildman–Crippen LogP) is 2.71. The molecule has 12 heteroatoms. The molecule has 32 heavy (non-hydrogen) atoms. The topological polar surface area (TPSA) is 95.7 Å². The summed E-state index contributed by atoms with van der Waals surface area (Å²) in [5.41, 5.74) is 2.07. The van der Waals surface area contributed by atoms with E-state index < -0.39 is 22.2 Å². The number of carboxylic acid groups (broad SMARTS) is 1. The van der Waals surface area contributed by atoms with E-state index in [0.717, 1.165) is 44.0 Å². The van der Waals surface area contributed by atoms with Gasteiger partial charge in [0.05, 0.1) is 29.2 Å². The Balaban J connectivity index is 0.000000360. The molecule has 2 aliphatic heterocycles. The quantitative estimate of drug-likeness (QED) is 0.732. The van der Waals surface area contributed by atoms with Crippen molar-refractivity contribution in [1.29, 1.82) is 0 Å². The summed E-state index contributed by atoms with van der Waals surface area (Å²) < 4.78 is 61.5. The molecule has 3 heterocycles. The Bertz CT molecular complexity index is 1020. The fourth-order valence-electron chi connectivity index (χ4n) is 3.72. The van der Waals surface area contributed by atoms with Crippen LogP contribution in [-0.2, 0) is 34.5 Å². The Labute approximate surface area is 184 Å². The maximum Gasteiger partial charge on any atom is 0.490 e. The molecule has 0 radical (unpaired) electrons. The minimum absolute atomic E-state index is 0.365. The molecule has 8 nitrogen and oxygen atoms in total. The van der Waals surface area contributed by atoms with Crippen LogP contribution in [0.4, 0.5) is 13.2 Å². The van der Waals surface area contributed by atoms with Crippen molar-refractivity contribution in [3.63, 3.8) is 0 Å². The Morgan fingerprint density at radius 2 is 1.66 bits per heavy atom. The minimum atomic E-state index is -5.08. The van der Waals surface area contributed by atoms with E-state index in [1.807, 2.05) is 12.4 Å². The summed E-state index contributed by atoms with van der Waals surface area (Å²) in [5, 5.41) is 7.12. The first-order valence-electron chi connectivity index (χ1n) is 10.2. The SMILES string of the molecule is O=C(O)C(F)(F)F.O=S(=O)(c1ccccc1)N1CCCn2cnc(CN3CCCC3)c2C1. The highest BCUT2D eigenvalue weighted by molar-refractivity contribution is 7.89. The lowest BCUT2D eigenvalue weighted by atomic mass is 10.3. The monoisotopic (exact) mass is 474 g/mol. The van der Waals surface area contributed by atoms with E-state index in [-0.39, 0.29) is 0 Å². The number of sulfonamides is 1. The number of carbonyl (C=O) groups is 1. The molecule has 0 spiro atoms. The number of hydrogen-bond acceptors (Lipinski definition) is 5. The van der Waals surface area contributed by atoms with Gasteiger partial charge in [-0.1, -0.05) is 18.2 Å². The molecular weight excluding hydrogens is 449 g/mol. The van der Waals surface area contributed by atoms with Crippen LogP contribution in [0.2, 0.25) is 0 Å². The highest BCUT2D eigenvalue weighted by Crippen LogP contribution is 2.24. The summed E-state index contributed by atoms with van der Waals surface area (Å²) >= 11 is 0. The number of aryl methyl sites for hydroxylation is 1. The molecule has 2 aromatic rings. The lowest BCUT2D eigenvalue weighted by molar-refractivity contribution is -0.192. The van der Waals surface area contributed by atoms with Crippen molar-refractivity contribution in [3.8, 4) is 0 Å². The van der Waals surface area contributed by atoms with Gasteiger partial charge in [-0.2, -0.15) is 17.5 Å². The van der Waals surface area contributed by atoms with Crippen LogP contribution >= 0.6 is 0 Å². The average molecular weight is 475 g/mol. The lowest BCUT2D eigenvalue weighted by Crippen LogP contribution is -2.31. The fourth-order valence-corrected chi connectivity index (χ4v) is 5.18. The van der Waals surface area contributed by atoms with Crippen LogP contribution in [-0.4, -0.2) is 64.1 Å². The van der Waals surface area contributed by atoms with Crippen LogP contribution in [0.1, 0.15) is 30.7 Å². The van der Waals surface area contributed by atoms with Crippen molar-refractivity contribution in [2.75, 3.05) is 19.6 Å². The van der Waals surface area contributed by atoms with Gasteiger partial charge in [-0.25, -0.2) is 18.2 Å². The van der Waals surface area contributed by atoms with Gasteiger partial charge in [-0.3, -0.25) is 4.90 Å². The first-order chi connectivity index (χ1) is 15.1. The van der Waals surface area contributed by atoms with Crippen molar-refractivity contribution in [2.24, 2.45) is 0 Å². The van der Waals surface area contributed by atoms with Gasteiger partial charge in [-0.05, 0) is 44.5 Å². The van der Waals surface area contributed by atoms with Crippen LogP contribution in [0.15, 0.2) is 41.6 Å². The molecule has 0 amide bonds. The van der Waals surface area contributed by atoms with E-state index in [2.05, 4.69) is 14.5 Å². The maximum absolute atomic E-state index is 13.0. The lowest BCUT2D eigenvalue weighted by Gasteiger charge is -2.21. The summed E-state index contributed by atoms with van der Waals surface area (Å²) in [6.07, 6.45) is 0.0764. The second kappa shape index (κ2) is 10.0. The van der Waals surface area contributed by atoms with Crippen molar-refractivity contribution >= 4 is 16.0 Å². The normalized spacial score (nSPS) is 17.8. The van der Waals surface area contributed by atoms with Crippen molar-refractivity contribution < 1.29 is 31.5 Å². The minimum Gasteiger partial charge on any atom is -0.475 e.